The highest BCUT2D eigenvalue weighted by Gasteiger charge is 2.23. The summed E-state index contributed by atoms with van der Waals surface area (Å²) < 4.78 is 29.8. The van der Waals surface area contributed by atoms with Crippen molar-refractivity contribution < 1.29 is 18.6 Å². The predicted octanol–water partition coefficient (Wildman–Crippen LogP) is 2.48. The zero-order chi connectivity index (χ0) is 12.3. The van der Waals surface area contributed by atoms with E-state index in [4.69, 9.17) is 4.74 Å². The molecule has 1 fully saturated rings. The van der Waals surface area contributed by atoms with Gasteiger partial charge < -0.3 is 9.84 Å². The van der Waals surface area contributed by atoms with Crippen molar-refractivity contribution in [3.8, 4) is 0 Å². The van der Waals surface area contributed by atoms with Crippen LogP contribution in [0.15, 0.2) is 18.3 Å². The molecule has 0 bridgehead atoms. The zero-order valence-electron chi connectivity index (χ0n) is 9.35. The number of aliphatic hydroxyl groups is 1. The molecular weight excluding hydrogens is 228 g/mol. The van der Waals surface area contributed by atoms with Crippen molar-refractivity contribution in [3.63, 3.8) is 0 Å². The first-order chi connectivity index (χ1) is 8.18. The third-order valence-electron chi connectivity index (χ3n) is 3.09. The molecule has 3 nitrogen and oxygen atoms in total. The number of nitrogens with zero attached hydrogens (tertiary/aromatic N) is 1. The van der Waals surface area contributed by atoms with Crippen LogP contribution in [-0.4, -0.2) is 23.3 Å². The summed E-state index contributed by atoms with van der Waals surface area (Å²) in [6, 6.07) is 2.79. The van der Waals surface area contributed by atoms with Gasteiger partial charge in [-0.1, -0.05) is 6.07 Å². The van der Waals surface area contributed by atoms with Crippen LogP contribution in [0.2, 0.25) is 0 Å². The molecule has 2 rings (SSSR count). The maximum absolute atomic E-state index is 12.3. The Balaban J connectivity index is 2.05. The standard InChI is InChI=1S/C12H15F2NO2/c13-12(14)10-2-1-9(7-15-10)11(16)8-3-5-17-6-4-8/h1-2,7-8,11-12,16H,3-6H2. The Morgan fingerprint density at radius 2 is 2.00 bits per heavy atom. The molecular formula is C12H15F2NO2. The van der Waals surface area contributed by atoms with Gasteiger partial charge in [-0.2, -0.15) is 0 Å². The lowest BCUT2D eigenvalue weighted by molar-refractivity contribution is 0.00701. The van der Waals surface area contributed by atoms with Crippen molar-refractivity contribution in [1.29, 1.82) is 0 Å². The fraction of sp³-hybridized carbons (Fsp3) is 0.583. The molecule has 1 N–H and O–H groups in total. The number of hydrogen-bond donors (Lipinski definition) is 1. The summed E-state index contributed by atoms with van der Waals surface area (Å²) in [6.07, 6.45) is -0.292. The molecule has 0 aliphatic carbocycles. The van der Waals surface area contributed by atoms with E-state index in [-0.39, 0.29) is 11.6 Å². The molecule has 1 aromatic heterocycles. The summed E-state index contributed by atoms with van der Waals surface area (Å²) in [5.41, 5.74) is 0.342. The molecule has 1 atom stereocenters. The molecule has 0 aromatic carbocycles. The lowest BCUT2D eigenvalue weighted by Gasteiger charge is -2.26. The molecule has 5 heteroatoms. The predicted molar refractivity (Wildman–Crippen MR) is 57.7 cm³/mol. The number of aromatic nitrogens is 1. The van der Waals surface area contributed by atoms with Crippen molar-refractivity contribution in [2.45, 2.75) is 25.4 Å². The fourth-order valence-corrected chi connectivity index (χ4v) is 2.02. The molecule has 0 radical (unpaired) electrons. The second kappa shape index (κ2) is 5.51. The second-order valence-corrected chi connectivity index (χ2v) is 4.21. The lowest BCUT2D eigenvalue weighted by atomic mass is 9.90. The molecule has 0 saturated carbocycles. The van der Waals surface area contributed by atoms with Gasteiger partial charge in [0.2, 0.25) is 0 Å². The lowest BCUT2D eigenvalue weighted by Crippen LogP contribution is -2.22. The van der Waals surface area contributed by atoms with Crippen molar-refractivity contribution >= 4 is 0 Å². The summed E-state index contributed by atoms with van der Waals surface area (Å²) in [5.74, 6) is 0.128. The van der Waals surface area contributed by atoms with Gasteiger partial charge >= 0.3 is 0 Å². The minimum absolute atomic E-state index is 0.128. The third-order valence-corrected chi connectivity index (χ3v) is 3.09. The van der Waals surface area contributed by atoms with E-state index in [1.54, 1.807) is 0 Å². The van der Waals surface area contributed by atoms with Crippen LogP contribution in [0.5, 0.6) is 0 Å². The van der Waals surface area contributed by atoms with Crippen molar-refractivity contribution in [2.24, 2.45) is 5.92 Å². The normalized spacial score (nSPS) is 19.5. The van der Waals surface area contributed by atoms with E-state index in [0.717, 1.165) is 12.8 Å². The van der Waals surface area contributed by atoms with Crippen LogP contribution >= 0.6 is 0 Å². The Morgan fingerprint density at radius 3 is 2.53 bits per heavy atom. The number of pyridine rings is 1. The van der Waals surface area contributed by atoms with Gasteiger partial charge in [0.25, 0.3) is 6.43 Å². The van der Waals surface area contributed by atoms with E-state index in [0.29, 0.717) is 18.8 Å². The first-order valence-electron chi connectivity index (χ1n) is 5.68. The smallest absolute Gasteiger partial charge is 0.280 e. The van der Waals surface area contributed by atoms with E-state index < -0.39 is 12.5 Å². The fourth-order valence-electron chi connectivity index (χ4n) is 2.02. The van der Waals surface area contributed by atoms with Crippen LogP contribution in [0.25, 0.3) is 0 Å². The summed E-state index contributed by atoms with van der Waals surface area (Å²) in [7, 11) is 0. The van der Waals surface area contributed by atoms with Crippen LogP contribution in [0.1, 0.15) is 36.6 Å². The minimum Gasteiger partial charge on any atom is -0.388 e. The van der Waals surface area contributed by atoms with Gasteiger partial charge in [-0.3, -0.25) is 4.98 Å². The topological polar surface area (TPSA) is 42.4 Å². The third kappa shape index (κ3) is 2.98. The van der Waals surface area contributed by atoms with E-state index in [9.17, 15) is 13.9 Å². The summed E-state index contributed by atoms with van der Waals surface area (Å²) in [4.78, 5) is 3.65. The minimum atomic E-state index is -2.57. The second-order valence-electron chi connectivity index (χ2n) is 4.21. The molecule has 1 aromatic rings. The van der Waals surface area contributed by atoms with E-state index in [1.165, 1.54) is 18.3 Å². The highest BCUT2D eigenvalue weighted by Crippen LogP contribution is 2.30. The number of alkyl halides is 2. The van der Waals surface area contributed by atoms with Crippen LogP contribution in [0, 0.1) is 5.92 Å². The first kappa shape index (κ1) is 12.4. The highest BCUT2D eigenvalue weighted by molar-refractivity contribution is 5.17. The zero-order valence-corrected chi connectivity index (χ0v) is 9.35. The van der Waals surface area contributed by atoms with Gasteiger partial charge in [-0.15, -0.1) is 0 Å². The number of hydrogen-bond acceptors (Lipinski definition) is 3. The molecule has 1 aliphatic rings. The largest absolute Gasteiger partial charge is 0.388 e. The SMILES string of the molecule is OC(c1ccc(C(F)F)nc1)C1CCOCC1. The molecule has 0 spiro atoms. The van der Waals surface area contributed by atoms with Crippen LogP contribution in [-0.2, 0) is 4.74 Å². The van der Waals surface area contributed by atoms with Crippen molar-refractivity contribution in [3.05, 3.63) is 29.6 Å². The maximum Gasteiger partial charge on any atom is 0.280 e. The Hall–Kier alpha value is -1.07. The molecule has 0 amide bonds. The molecule has 94 valence electrons. The Morgan fingerprint density at radius 1 is 1.29 bits per heavy atom. The molecule has 1 aliphatic heterocycles. The van der Waals surface area contributed by atoms with Gasteiger partial charge in [-0.25, -0.2) is 8.78 Å². The van der Waals surface area contributed by atoms with Gasteiger partial charge in [0.05, 0.1) is 6.10 Å². The van der Waals surface area contributed by atoms with Gasteiger partial charge in [-0.05, 0) is 30.4 Å². The molecule has 17 heavy (non-hydrogen) atoms. The number of ether oxygens (including phenoxy) is 1. The first-order valence-corrected chi connectivity index (χ1v) is 5.68. The quantitative estimate of drug-likeness (QED) is 0.886. The molecule has 1 saturated heterocycles. The summed E-state index contributed by atoms with van der Waals surface area (Å²) in [5, 5.41) is 10.1. The van der Waals surface area contributed by atoms with Crippen molar-refractivity contribution in [2.75, 3.05) is 13.2 Å². The van der Waals surface area contributed by atoms with Gasteiger partial charge in [0, 0.05) is 19.4 Å². The maximum atomic E-state index is 12.3. The monoisotopic (exact) mass is 243 g/mol. The van der Waals surface area contributed by atoms with Gasteiger partial charge in [0.15, 0.2) is 0 Å². The average Bonchev–Trinajstić information content (AvgIpc) is 2.39. The Labute approximate surface area is 98.4 Å². The Kier molecular flexibility index (Phi) is 4.02. The summed E-state index contributed by atoms with van der Waals surface area (Å²) in [6.45, 7) is 1.29. The number of aliphatic hydroxyl groups excluding tert-OH is 1. The Bertz CT molecular complexity index is 350. The van der Waals surface area contributed by atoms with Crippen LogP contribution < -0.4 is 0 Å². The average molecular weight is 243 g/mol. The van der Waals surface area contributed by atoms with E-state index >= 15 is 0 Å². The van der Waals surface area contributed by atoms with Crippen LogP contribution in [0.3, 0.4) is 0 Å². The highest BCUT2D eigenvalue weighted by atomic mass is 19.3. The summed E-state index contributed by atoms with van der Waals surface area (Å²) >= 11 is 0. The molecule has 2 heterocycles. The number of halogens is 2. The van der Waals surface area contributed by atoms with Crippen molar-refractivity contribution in [1.82, 2.24) is 4.98 Å². The number of rotatable bonds is 3. The van der Waals surface area contributed by atoms with Crippen LogP contribution in [0.4, 0.5) is 8.78 Å². The van der Waals surface area contributed by atoms with Gasteiger partial charge in [0.1, 0.15) is 5.69 Å². The van der Waals surface area contributed by atoms with E-state index in [1.807, 2.05) is 0 Å². The van der Waals surface area contributed by atoms with E-state index in [2.05, 4.69) is 4.98 Å². The molecule has 1 unspecified atom stereocenters.